The molecule has 0 spiro atoms. The van der Waals surface area contributed by atoms with Crippen molar-refractivity contribution in [1.29, 1.82) is 0 Å². The second-order valence-corrected chi connectivity index (χ2v) is 6.73. The molecule has 1 aliphatic heterocycles. The molecule has 0 bridgehead atoms. The van der Waals surface area contributed by atoms with Gasteiger partial charge < -0.3 is 9.84 Å². The van der Waals surface area contributed by atoms with Gasteiger partial charge in [-0.05, 0) is 67.5 Å². The highest BCUT2D eigenvalue weighted by Crippen LogP contribution is 2.37. The molecule has 1 heterocycles. The fourth-order valence-corrected chi connectivity index (χ4v) is 3.23. The Hall–Kier alpha value is -2.32. The predicted molar refractivity (Wildman–Crippen MR) is 104 cm³/mol. The summed E-state index contributed by atoms with van der Waals surface area (Å²) in [5, 5.41) is 9.28. The maximum absolute atomic E-state index is 9.28. The maximum atomic E-state index is 9.28. The van der Waals surface area contributed by atoms with Crippen molar-refractivity contribution in [1.82, 2.24) is 0 Å². The summed E-state index contributed by atoms with van der Waals surface area (Å²) >= 11 is 0. The summed E-state index contributed by atoms with van der Waals surface area (Å²) in [4.78, 5) is 0. The average molecular weight is 334 g/mol. The molecule has 0 fully saturated rings. The van der Waals surface area contributed by atoms with Crippen molar-refractivity contribution in [2.75, 3.05) is 6.61 Å². The van der Waals surface area contributed by atoms with Crippen LogP contribution in [0, 0.1) is 0 Å². The molecule has 3 rings (SSSR count). The van der Waals surface area contributed by atoms with Crippen LogP contribution in [0.25, 0.3) is 5.57 Å². The van der Waals surface area contributed by atoms with Crippen LogP contribution in [0.15, 0.2) is 60.2 Å². The normalized spacial score (nSPS) is 14.3. The number of fused-ring (bicyclic) bond motifs is 2. The van der Waals surface area contributed by atoms with Crippen LogP contribution in [0.2, 0.25) is 0 Å². The van der Waals surface area contributed by atoms with Crippen molar-refractivity contribution < 1.29 is 9.84 Å². The van der Waals surface area contributed by atoms with Gasteiger partial charge in [0.25, 0.3) is 0 Å². The van der Waals surface area contributed by atoms with Crippen LogP contribution in [0.4, 0.5) is 0 Å². The first kappa shape index (κ1) is 17.5. The van der Waals surface area contributed by atoms with E-state index in [0.29, 0.717) is 13.0 Å². The standard InChI is InChI=1S/C23H26O2/c1-17(2)7-3-5-10-21-20-9-6-4-8-19(20)16-25-23-12-11-18(13-14-24)15-22(21)23/h4,6-12,15,24H,3,5,13-14,16H2,1-2H3/b21-10-. The van der Waals surface area contributed by atoms with Gasteiger partial charge in [0, 0.05) is 12.2 Å². The number of ether oxygens (including phenoxy) is 1. The van der Waals surface area contributed by atoms with Crippen molar-refractivity contribution in [3.8, 4) is 5.75 Å². The van der Waals surface area contributed by atoms with Gasteiger partial charge in [0.2, 0.25) is 0 Å². The number of aliphatic hydroxyl groups is 1. The topological polar surface area (TPSA) is 29.5 Å². The number of hydrogen-bond acceptors (Lipinski definition) is 2. The minimum Gasteiger partial charge on any atom is -0.488 e. The van der Waals surface area contributed by atoms with Gasteiger partial charge in [-0.3, -0.25) is 0 Å². The quantitative estimate of drug-likeness (QED) is 0.594. The highest BCUT2D eigenvalue weighted by Gasteiger charge is 2.19. The first-order valence-electron chi connectivity index (χ1n) is 8.98. The minimum absolute atomic E-state index is 0.163. The van der Waals surface area contributed by atoms with E-state index in [1.54, 1.807) is 0 Å². The fourth-order valence-electron chi connectivity index (χ4n) is 3.23. The van der Waals surface area contributed by atoms with E-state index >= 15 is 0 Å². The third-order valence-corrected chi connectivity index (χ3v) is 4.49. The molecule has 0 radical (unpaired) electrons. The molecule has 0 unspecified atom stereocenters. The monoisotopic (exact) mass is 334 g/mol. The zero-order valence-electron chi connectivity index (χ0n) is 15.1. The van der Waals surface area contributed by atoms with Crippen LogP contribution in [-0.4, -0.2) is 11.7 Å². The van der Waals surface area contributed by atoms with E-state index in [0.717, 1.165) is 29.7 Å². The third-order valence-electron chi connectivity index (χ3n) is 4.49. The Morgan fingerprint density at radius 1 is 1.08 bits per heavy atom. The van der Waals surface area contributed by atoms with E-state index < -0.39 is 0 Å². The van der Waals surface area contributed by atoms with Crippen LogP contribution >= 0.6 is 0 Å². The molecule has 0 saturated heterocycles. The summed E-state index contributed by atoms with van der Waals surface area (Å²) in [6.07, 6.45) is 7.31. The SMILES string of the molecule is CC(C)=CCC/C=C1/c2ccccc2COc2ccc(CCO)cc21. The van der Waals surface area contributed by atoms with E-state index in [4.69, 9.17) is 4.74 Å². The van der Waals surface area contributed by atoms with Crippen LogP contribution in [0.3, 0.4) is 0 Å². The number of allylic oxidation sites excluding steroid dienone is 3. The van der Waals surface area contributed by atoms with Crippen LogP contribution in [0.5, 0.6) is 5.75 Å². The Labute approximate surface area is 150 Å². The summed E-state index contributed by atoms with van der Waals surface area (Å²) in [6, 6.07) is 14.7. The summed E-state index contributed by atoms with van der Waals surface area (Å²) in [7, 11) is 0. The maximum Gasteiger partial charge on any atom is 0.127 e. The van der Waals surface area contributed by atoms with Crippen molar-refractivity contribution >= 4 is 5.57 Å². The summed E-state index contributed by atoms with van der Waals surface area (Å²) in [5.74, 6) is 0.923. The predicted octanol–water partition coefficient (Wildman–Crippen LogP) is 5.29. The molecule has 0 aliphatic carbocycles. The zero-order chi connectivity index (χ0) is 17.6. The first-order chi connectivity index (χ1) is 12.2. The lowest BCUT2D eigenvalue weighted by Gasteiger charge is -2.12. The second-order valence-electron chi connectivity index (χ2n) is 6.73. The number of hydrogen-bond donors (Lipinski definition) is 1. The highest BCUT2D eigenvalue weighted by atomic mass is 16.5. The van der Waals surface area contributed by atoms with Crippen molar-refractivity contribution in [2.24, 2.45) is 0 Å². The Bertz CT molecular complexity index is 795. The van der Waals surface area contributed by atoms with Gasteiger partial charge in [-0.25, -0.2) is 0 Å². The van der Waals surface area contributed by atoms with Crippen molar-refractivity contribution in [3.05, 3.63) is 82.4 Å². The van der Waals surface area contributed by atoms with Crippen molar-refractivity contribution in [3.63, 3.8) is 0 Å². The Morgan fingerprint density at radius 2 is 1.92 bits per heavy atom. The van der Waals surface area contributed by atoms with E-state index in [9.17, 15) is 5.11 Å². The summed E-state index contributed by atoms with van der Waals surface area (Å²) in [5.41, 5.74) is 7.33. The number of unbranched alkanes of at least 4 members (excludes halogenated alkanes) is 1. The molecule has 0 atom stereocenters. The van der Waals surface area contributed by atoms with Crippen LogP contribution in [0.1, 0.15) is 48.9 Å². The van der Waals surface area contributed by atoms with Gasteiger partial charge in [0.15, 0.2) is 0 Å². The van der Waals surface area contributed by atoms with E-state index in [1.165, 1.54) is 22.3 Å². The van der Waals surface area contributed by atoms with Gasteiger partial charge in [-0.1, -0.05) is 48.1 Å². The molecule has 2 nitrogen and oxygen atoms in total. The molecular weight excluding hydrogens is 308 g/mol. The van der Waals surface area contributed by atoms with Crippen LogP contribution < -0.4 is 4.74 Å². The minimum atomic E-state index is 0.163. The molecule has 25 heavy (non-hydrogen) atoms. The lowest BCUT2D eigenvalue weighted by atomic mass is 9.92. The molecule has 0 aromatic heterocycles. The summed E-state index contributed by atoms with van der Waals surface area (Å²) < 4.78 is 6.07. The largest absolute Gasteiger partial charge is 0.488 e. The Balaban J connectivity index is 2.05. The molecule has 2 aromatic rings. The molecule has 1 N–H and O–H groups in total. The van der Waals surface area contributed by atoms with Gasteiger partial charge in [0.05, 0.1) is 0 Å². The fraction of sp³-hybridized carbons (Fsp3) is 0.304. The number of rotatable bonds is 5. The van der Waals surface area contributed by atoms with Gasteiger partial charge in [0.1, 0.15) is 12.4 Å². The lowest BCUT2D eigenvalue weighted by Crippen LogP contribution is -1.96. The third kappa shape index (κ3) is 4.21. The van der Waals surface area contributed by atoms with E-state index in [2.05, 4.69) is 56.3 Å². The van der Waals surface area contributed by atoms with E-state index in [1.807, 2.05) is 12.1 Å². The summed E-state index contributed by atoms with van der Waals surface area (Å²) in [6.45, 7) is 5.03. The zero-order valence-corrected chi connectivity index (χ0v) is 15.1. The van der Waals surface area contributed by atoms with Gasteiger partial charge in [-0.2, -0.15) is 0 Å². The van der Waals surface area contributed by atoms with E-state index in [-0.39, 0.29) is 6.61 Å². The van der Waals surface area contributed by atoms with Gasteiger partial charge >= 0.3 is 0 Å². The van der Waals surface area contributed by atoms with Crippen LogP contribution in [-0.2, 0) is 13.0 Å². The van der Waals surface area contributed by atoms with Gasteiger partial charge in [-0.15, -0.1) is 0 Å². The molecule has 0 saturated carbocycles. The first-order valence-corrected chi connectivity index (χ1v) is 8.98. The molecule has 2 heteroatoms. The molecule has 0 amide bonds. The smallest absolute Gasteiger partial charge is 0.127 e. The molecule has 130 valence electrons. The average Bonchev–Trinajstić information content (AvgIpc) is 2.76. The number of aliphatic hydroxyl groups excluding tert-OH is 1. The number of benzene rings is 2. The lowest BCUT2D eigenvalue weighted by molar-refractivity contribution is 0.298. The van der Waals surface area contributed by atoms with Crippen molar-refractivity contribution in [2.45, 2.75) is 39.7 Å². The second kappa shape index (κ2) is 8.17. The molecule has 1 aliphatic rings. The Morgan fingerprint density at radius 3 is 2.72 bits per heavy atom. The highest BCUT2D eigenvalue weighted by molar-refractivity contribution is 5.85. The molecular formula is C23H26O2. The molecule has 2 aromatic carbocycles. The Kier molecular flexibility index (Phi) is 5.72.